The fourth-order valence-corrected chi connectivity index (χ4v) is 4.67. The quantitative estimate of drug-likeness (QED) is 0.550. The molecule has 34 heavy (non-hydrogen) atoms. The van der Waals surface area contributed by atoms with Gasteiger partial charge in [-0.2, -0.15) is 0 Å². The van der Waals surface area contributed by atoms with E-state index in [2.05, 4.69) is 34.9 Å². The lowest BCUT2D eigenvalue weighted by atomic mass is 9.98. The predicted molar refractivity (Wildman–Crippen MR) is 125 cm³/mol. The highest BCUT2D eigenvalue weighted by molar-refractivity contribution is 5.80. The van der Waals surface area contributed by atoms with E-state index in [-0.39, 0.29) is 44.1 Å². The van der Waals surface area contributed by atoms with E-state index in [1.807, 2.05) is 24.3 Å². The summed E-state index contributed by atoms with van der Waals surface area (Å²) in [6.07, 6.45) is -0.477. The first-order chi connectivity index (χ1) is 16.2. The van der Waals surface area contributed by atoms with Gasteiger partial charge in [0.15, 0.2) is 0 Å². The van der Waals surface area contributed by atoms with Crippen LogP contribution in [0.5, 0.6) is 0 Å². The molecule has 1 heterocycles. The van der Waals surface area contributed by atoms with E-state index in [1.54, 1.807) is 13.8 Å². The van der Waals surface area contributed by atoms with Gasteiger partial charge in [0.05, 0.1) is 18.6 Å². The summed E-state index contributed by atoms with van der Waals surface area (Å²) >= 11 is 0. The number of carboxylic acid groups (broad SMARTS) is 1. The molecule has 2 amide bonds. The molecule has 4 rings (SSSR count). The van der Waals surface area contributed by atoms with Gasteiger partial charge in [-0.25, -0.2) is 4.79 Å². The van der Waals surface area contributed by atoms with Gasteiger partial charge >= 0.3 is 12.1 Å². The molecule has 1 aliphatic heterocycles. The summed E-state index contributed by atoms with van der Waals surface area (Å²) in [5, 5.41) is 14.6. The summed E-state index contributed by atoms with van der Waals surface area (Å²) in [5.74, 6) is -1.72. The predicted octanol–water partition coefficient (Wildman–Crippen LogP) is 3.30. The van der Waals surface area contributed by atoms with Gasteiger partial charge in [-0.1, -0.05) is 48.5 Å². The van der Waals surface area contributed by atoms with Gasteiger partial charge in [0.2, 0.25) is 5.91 Å². The van der Waals surface area contributed by atoms with Crippen molar-refractivity contribution in [3.8, 4) is 11.1 Å². The number of ether oxygens (including phenoxy) is 2. The minimum atomic E-state index is -0.887. The molecule has 0 spiro atoms. The van der Waals surface area contributed by atoms with Crippen LogP contribution in [0.15, 0.2) is 48.5 Å². The second-order valence-corrected chi connectivity index (χ2v) is 9.54. The summed E-state index contributed by atoms with van der Waals surface area (Å²) < 4.78 is 11.0. The number of carbonyl (C=O) groups is 3. The third kappa shape index (κ3) is 5.39. The van der Waals surface area contributed by atoms with Crippen molar-refractivity contribution in [2.45, 2.75) is 44.2 Å². The van der Waals surface area contributed by atoms with Crippen LogP contribution in [0.25, 0.3) is 11.1 Å². The lowest BCUT2D eigenvalue weighted by Gasteiger charge is -2.26. The molecular weight excluding hydrogens is 436 g/mol. The van der Waals surface area contributed by atoms with Crippen molar-refractivity contribution < 1.29 is 29.0 Å². The summed E-state index contributed by atoms with van der Waals surface area (Å²) in [7, 11) is 0. The van der Waals surface area contributed by atoms with Crippen molar-refractivity contribution in [2.24, 2.45) is 5.92 Å². The van der Waals surface area contributed by atoms with Crippen LogP contribution in [0.4, 0.5) is 4.79 Å². The van der Waals surface area contributed by atoms with E-state index in [1.165, 1.54) is 0 Å². The van der Waals surface area contributed by atoms with Gasteiger partial charge in [-0.3, -0.25) is 9.59 Å². The Bertz CT molecular complexity index is 1040. The topological polar surface area (TPSA) is 114 Å². The van der Waals surface area contributed by atoms with Crippen LogP contribution in [0.3, 0.4) is 0 Å². The zero-order valence-corrected chi connectivity index (χ0v) is 19.4. The molecule has 0 bridgehead atoms. The Balaban J connectivity index is 1.26. The molecule has 2 atom stereocenters. The molecule has 2 aromatic rings. The first-order valence-electron chi connectivity index (χ1n) is 11.5. The maximum Gasteiger partial charge on any atom is 0.407 e. The lowest BCUT2D eigenvalue weighted by Crippen LogP contribution is -2.47. The van der Waals surface area contributed by atoms with E-state index in [0.717, 1.165) is 22.3 Å². The molecule has 180 valence electrons. The Morgan fingerprint density at radius 1 is 1.06 bits per heavy atom. The molecule has 1 fully saturated rings. The molecule has 3 N–H and O–H groups in total. The average molecular weight is 467 g/mol. The monoisotopic (exact) mass is 466 g/mol. The second kappa shape index (κ2) is 9.85. The van der Waals surface area contributed by atoms with E-state index < -0.39 is 23.5 Å². The highest BCUT2D eigenvalue weighted by Gasteiger charge is 2.32. The van der Waals surface area contributed by atoms with Crippen molar-refractivity contribution in [3.05, 3.63) is 59.7 Å². The maximum atomic E-state index is 12.5. The Labute approximate surface area is 198 Å². The van der Waals surface area contributed by atoms with Gasteiger partial charge < -0.3 is 25.2 Å². The number of benzene rings is 2. The summed E-state index contributed by atoms with van der Waals surface area (Å²) in [6, 6.07) is 16.2. The smallest absolute Gasteiger partial charge is 0.407 e. The second-order valence-electron chi connectivity index (χ2n) is 9.54. The third-order valence-electron chi connectivity index (χ3n) is 6.34. The highest BCUT2D eigenvalue weighted by atomic mass is 16.5. The number of alkyl carbamates (subject to hydrolysis) is 1. The number of aliphatic carboxylic acids is 1. The Hall–Kier alpha value is -3.39. The molecule has 2 aromatic carbocycles. The highest BCUT2D eigenvalue weighted by Crippen LogP contribution is 2.44. The van der Waals surface area contributed by atoms with Crippen molar-refractivity contribution in [2.75, 3.05) is 19.8 Å². The van der Waals surface area contributed by atoms with Crippen LogP contribution in [0, 0.1) is 5.92 Å². The van der Waals surface area contributed by atoms with Crippen LogP contribution < -0.4 is 10.6 Å². The number of rotatable bonds is 8. The molecule has 8 heteroatoms. The molecular formula is C26H30N2O6. The van der Waals surface area contributed by atoms with Crippen LogP contribution >= 0.6 is 0 Å². The zero-order valence-electron chi connectivity index (χ0n) is 19.4. The fourth-order valence-electron chi connectivity index (χ4n) is 4.67. The van der Waals surface area contributed by atoms with Crippen LogP contribution in [0.1, 0.15) is 43.7 Å². The van der Waals surface area contributed by atoms with Crippen LogP contribution in [-0.4, -0.2) is 54.5 Å². The lowest BCUT2D eigenvalue weighted by molar-refractivity contribution is -0.141. The van der Waals surface area contributed by atoms with Crippen molar-refractivity contribution in [1.82, 2.24) is 10.6 Å². The molecule has 1 saturated heterocycles. The van der Waals surface area contributed by atoms with Crippen molar-refractivity contribution in [1.29, 1.82) is 0 Å². The molecule has 0 radical (unpaired) electrons. The standard InChI is InChI=1S/C26H30N2O6/c1-26(2,12-23(29)27-13-17-11-16(14-33-17)24(30)31)28-25(32)34-15-22-20-9-5-3-7-18(20)19-8-4-6-10-21(19)22/h3-10,16-17,22H,11-15H2,1-2H3,(H,27,29)(H,28,32)(H,30,31). The molecule has 2 unspecified atom stereocenters. The van der Waals surface area contributed by atoms with Crippen LogP contribution in [-0.2, 0) is 19.1 Å². The van der Waals surface area contributed by atoms with Gasteiger partial charge in [0.1, 0.15) is 6.61 Å². The summed E-state index contributed by atoms with van der Waals surface area (Å²) in [4.78, 5) is 35.9. The number of hydrogen-bond donors (Lipinski definition) is 3. The van der Waals surface area contributed by atoms with Gasteiger partial charge in [-0.05, 0) is 42.5 Å². The molecule has 1 aliphatic carbocycles. The van der Waals surface area contributed by atoms with Gasteiger partial charge in [0, 0.05) is 24.4 Å². The number of carboxylic acids is 1. The van der Waals surface area contributed by atoms with Crippen molar-refractivity contribution in [3.63, 3.8) is 0 Å². The fraction of sp³-hybridized carbons (Fsp3) is 0.423. The number of nitrogens with one attached hydrogen (secondary N) is 2. The van der Waals surface area contributed by atoms with Crippen LogP contribution in [0.2, 0.25) is 0 Å². The summed E-state index contributed by atoms with van der Waals surface area (Å²) in [6.45, 7) is 4.10. The number of hydrogen-bond acceptors (Lipinski definition) is 5. The Morgan fingerprint density at radius 3 is 2.26 bits per heavy atom. The van der Waals surface area contributed by atoms with E-state index in [0.29, 0.717) is 6.42 Å². The minimum absolute atomic E-state index is 0.0365. The Morgan fingerprint density at radius 2 is 1.68 bits per heavy atom. The number of carbonyl (C=O) groups excluding carboxylic acids is 2. The first-order valence-corrected chi connectivity index (χ1v) is 11.5. The van der Waals surface area contributed by atoms with E-state index in [9.17, 15) is 14.4 Å². The number of amides is 2. The van der Waals surface area contributed by atoms with Gasteiger partial charge in [-0.15, -0.1) is 0 Å². The molecule has 0 saturated carbocycles. The molecule has 0 aromatic heterocycles. The third-order valence-corrected chi connectivity index (χ3v) is 6.34. The Kier molecular flexibility index (Phi) is 6.88. The molecule has 8 nitrogen and oxygen atoms in total. The normalized spacial score (nSPS) is 19.2. The average Bonchev–Trinajstić information content (AvgIpc) is 3.39. The van der Waals surface area contributed by atoms with E-state index in [4.69, 9.17) is 14.6 Å². The van der Waals surface area contributed by atoms with E-state index >= 15 is 0 Å². The number of fused-ring (bicyclic) bond motifs is 3. The van der Waals surface area contributed by atoms with Crippen molar-refractivity contribution >= 4 is 18.0 Å². The minimum Gasteiger partial charge on any atom is -0.481 e. The molecule has 2 aliphatic rings. The maximum absolute atomic E-state index is 12.5. The SMILES string of the molecule is CC(C)(CC(=O)NCC1CC(C(=O)O)CO1)NC(=O)OCC1c2ccccc2-c2ccccc21. The zero-order chi connectivity index (χ0) is 24.3. The summed E-state index contributed by atoms with van der Waals surface area (Å²) in [5.41, 5.74) is 3.76. The largest absolute Gasteiger partial charge is 0.481 e. The first kappa shape index (κ1) is 23.8. The van der Waals surface area contributed by atoms with Gasteiger partial charge in [0.25, 0.3) is 0 Å².